The smallest absolute Gasteiger partial charge is 0.338 e. The Morgan fingerprint density at radius 3 is 2.58 bits per heavy atom. The van der Waals surface area contributed by atoms with Gasteiger partial charge in [0.15, 0.2) is 6.61 Å². The van der Waals surface area contributed by atoms with E-state index >= 15 is 0 Å². The number of hydrogen-bond acceptors (Lipinski definition) is 5. The fourth-order valence-electron chi connectivity index (χ4n) is 3.23. The Morgan fingerprint density at radius 1 is 0.968 bits per heavy atom. The van der Waals surface area contributed by atoms with E-state index in [1.54, 1.807) is 22.9 Å². The first-order chi connectivity index (χ1) is 15.1. The molecule has 0 aliphatic carbocycles. The molecule has 7 heteroatoms. The number of para-hydroxylation sites is 1. The standard InChI is InChI=1S/C24H22N4O3/c1-2-17-6-5-7-20(14-17)25-23(29)16-31-24(30)19-12-10-18(11-13-19)15-28-22-9-4-3-8-21(22)26-27-28/h3-14H,2,15-16H2,1H3,(H,25,29). The van der Waals surface area contributed by atoms with E-state index in [0.29, 0.717) is 17.8 Å². The number of ether oxygens (including phenoxy) is 1. The zero-order valence-corrected chi connectivity index (χ0v) is 17.1. The Morgan fingerprint density at radius 2 is 1.77 bits per heavy atom. The summed E-state index contributed by atoms with van der Waals surface area (Å²) in [7, 11) is 0. The molecule has 0 saturated carbocycles. The van der Waals surface area contributed by atoms with Crippen molar-refractivity contribution in [3.05, 3.63) is 89.5 Å². The van der Waals surface area contributed by atoms with Crippen molar-refractivity contribution >= 4 is 28.6 Å². The molecule has 0 bridgehead atoms. The zero-order chi connectivity index (χ0) is 21.6. The number of fused-ring (bicyclic) bond motifs is 1. The molecule has 3 aromatic carbocycles. The van der Waals surface area contributed by atoms with Crippen molar-refractivity contribution in [1.29, 1.82) is 0 Å². The molecule has 0 atom stereocenters. The van der Waals surface area contributed by atoms with Crippen molar-refractivity contribution in [3.63, 3.8) is 0 Å². The van der Waals surface area contributed by atoms with Crippen LogP contribution >= 0.6 is 0 Å². The number of amides is 1. The van der Waals surface area contributed by atoms with Crippen molar-refractivity contribution in [3.8, 4) is 0 Å². The fraction of sp³-hybridized carbons (Fsp3) is 0.167. The summed E-state index contributed by atoms with van der Waals surface area (Å²) in [6.45, 7) is 2.24. The summed E-state index contributed by atoms with van der Waals surface area (Å²) in [5.41, 5.74) is 4.94. The second kappa shape index (κ2) is 9.21. The highest BCUT2D eigenvalue weighted by atomic mass is 16.5. The van der Waals surface area contributed by atoms with E-state index in [4.69, 9.17) is 4.74 Å². The van der Waals surface area contributed by atoms with Crippen molar-refractivity contribution in [1.82, 2.24) is 15.0 Å². The SMILES string of the molecule is CCc1cccc(NC(=O)COC(=O)c2ccc(Cn3nnc4ccccc43)cc2)c1. The Balaban J connectivity index is 1.32. The van der Waals surface area contributed by atoms with E-state index in [1.165, 1.54) is 0 Å². The van der Waals surface area contributed by atoms with Gasteiger partial charge in [-0.25, -0.2) is 9.48 Å². The van der Waals surface area contributed by atoms with Crippen LogP contribution in [-0.2, 0) is 22.5 Å². The molecule has 7 nitrogen and oxygen atoms in total. The van der Waals surface area contributed by atoms with Crippen molar-refractivity contribution < 1.29 is 14.3 Å². The van der Waals surface area contributed by atoms with Gasteiger partial charge in [0.05, 0.1) is 17.6 Å². The van der Waals surface area contributed by atoms with Gasteiger partial charge in [-0.15, -0.1) is 5.10 Å². The third kappa shape index (κ3) is 4.95. The van der Waals surface area contributed by atoms with E-state index in [-0.39, 0.29) is 12.5 Å². The largest absolute Gasteiger partial charge is 0.452 e. The van der Waals surface area contributed by atoms with Gasteiger partial charge in [0.25, 0.3) is 5.91 Å². The van der Waals surface area contributed by atoms with E-state index in [1.807, 2.05) is 61.5 Å². The molecule has 0 saturated heterocycles. The van der Waals surface area contributed by atoms with Gasteiger partial charge in [0.1, 0.15) is 5.52 Å². The number of esters is 1. The molecule has 0 fully saturated rings. The first-order valence-electron chi connectivity index (χ1n) is 10.1. The van der Waals surface area contributed by atoms with Crippen LogP contribution in [-0.4, -0.2) is 33.5 Å². The van der Waals surface area contributed by atoms with Crippen LogP contribution in [0.3, 0.4) is 0 Å². The minimum absolute atomic E-state index is 0.345. The summed E-state index contributed by atoms with van der Waals surface area (Å²) >= 11 is 0. The number of rotatable bonds is 7. The Kier molecular flexibility index (Phi) is 6.03. The lowest BCUT2D eigenvalue weighted by molar-refractivity contribution is -0.119. The van der Waals surface area contributed by atoms with Gasteiger partial charge in [-0.05, 0) is 53.9 Å². The predicted octanol–water partition coefficient (Wildman–Crippen LogP) is 3.84. The maximum Gasteiger partial charge on any atom is 0.338 e. The molecule has 0 radical (unpaired) electrons. The maximum absolute atomic E-state index is 12.3. The Labute approximate surface area is 179 Å². The van der Waals surface area contributed by atoms with Crippen LogP contribution in [0.2, 0.25) is 0 Å². The lowest BCUT2D eigenvalue weighted by Gasteiger charge is -2.08. The van der Waals surface area contributed by atoms with Crippen molar-refractivity contribution in [2.75, 3.05) is 11.9 Å². The molecule has 31 heavy (non-hydrogen) atoms. The third-order valence-corrected chi connectivity index (χ3v) is 4.90. The van der Waals surface area contributed by atoms with Gasteiger partial charge in [-0.2, -0.15) is 0 Å². The normalized spacial score (nSPS) is 10.7. The monoisotopic (exact) mass is 414 g/mol. The average molecular weight is 414 g/mol. The number of carbonyl (C=O) groups is 2. The summed E-state index contributed by atoms with van der Waals surface area (Å²) in [6.07, 6.45) is 0.877. The lowest BCUT2D eigenvalue weighted by atomic mass is 10.1. The van der Waals surface area contributed by atoms with Gasteiger partial charge in [0, 0.05) is 5.69 Å². The molecule has 0 unspecified atom stereocenters. The molecule has 4 rings (SSSR count). The highest BCUT2D eigenvalue weighted by molar-refractivity contribution is 5.95. The van der Waals surface area contributed by atoms with E-state index in [0.717, 1.165) is 28.6 Å². The zero-order valence-electron chi connectivity index (χ0n) is 17.1. The van der Waals surface area contributed by atoms with Gasteiger partial charge < -0.3 is 10.1 Å². The molecule has 0 aliphatic rings. The molecular weight excluding hydrogens is 392 g/mol. The lowest BCUT2D eigenvalue weighted by Crippen LogP contribution is -2.21. The second-order valence-corrected chi connectivity index (χ2v) is 7.11. The summed E-state index contributed by atoms with van der Waals surface area (Å²) < 4.78 is 6.95. The van der Waals surface area contributed by atoms with E-state index in [2.05, 4.69) is 15.6 Å². The average Bonchev–Trinajstić information content (AvgIpc) is 3.21. The number of nitrogens with one attached hydrogen (secondary N) is 1. The van der Waals surface area contributed by atoms with E-state index < -0.39 is 5.97 Å². The topological polar surface area (TPSA) is 86.1 Å². The van der Waals surface area contributed by atoms with E-state index in [9.17, 15) is 9.59 Å². The minimum atomic E-state index is -0.546. The minimum Gasteiger partial charge on any atom is -0.452 e. The Bertz CT molecular complexity index is 1210. The highest BCUT2D eigenvalue weighted by Gasteiger charge is 2.11. The summed E-state index contributed by atoms with van der Waals surface area (Å²) in [6, 6.07) is 22.3. The third-order valence-electron chi connectivity index (χ3n) is 4.90. The Hall–Kier alpha value is -4.00. The molecule has 1 N–H and O–H groups in total. The summed E-state index contributed by atoms with van der Waals surface area (Å²) in [4.78, 5) is 24.4. The van der Waals surface area contributed by atoms with Crippen LogP contribution in [0.25, 0.3) is 11.0 Å². The van der Waals surface area contributed by atoms with Crippen LogP contribution in [0.1, 0.15) is 28.4 Å². The van der Waals surface area contributed by atoms with Crippen LogP contribution in [0.4, 0.5) is 5.69 Å². The summed E-state index contributed by atoms with van der Waals surface area (Å²) in [5.74, 6) is -0.925. The number of aromatic nitrogens is 3. The van der Waals surface area contributed by atoms with Gasteiger partial charge in [0.2, 0.25) is 0 Å². The first kappa shape index (κ1) is 20.3. The van der Waals surface area contributed by atoms with Crippen LogP contribution in [0.5, 0.6) is 0 Å². The highest BCUT2D eigenvalue weighted by Crippen LogP contribution is 2.14. The van der Waals surface area contributed by atoms with Crippen LogP contribution in [0.15, 0.2) is 72.8 Å². The number of benzene rings is 3. The quantitative estimate of drug-likeness (QED) is 0.465. The molecule has 1 aromatic heterocycles. The first-order valence-corrected chi connectivity index (χ1v) is 10.1. The molecule has 1 heterocycles. The number of anilines is 1. The van der Waals surface area contributed by atoms with Crippen molar-refractivity contribution in [2.45, 2.75) is 19.9 Å². The number of aryl methyl sites for hydroxylation is 1. The number of nitrogens with zero attached hydrogens (tertiary/aromatic N) is 3. The summed E-state index contributed by atoms with van der Waals surface area (Å²) in [5, 5.41) is 11.1. The number of carbonyl (C=O) groups excluding carboxylic acids is 2. The van der Waals surface area contributed by atoms with Crippen molar-refractivity contribution in [2.24, 2.45) is 0 Å². The number of hydrogen-bond donors (Lipinski definition) is 1. The molecule has 0 aliphatic heterocycles. The molecule has 1 amide bonds. The second-order valence-electron chi connectivity index (χ2n) is 7.11. The molecule has 4 aromatic rings. The molecular formula is C24H22N4O3. The maximum atomic E-state index is 12.3. The van der Waals surface area contributed by atoms with Gasteiger partial charge >= 0.3 is 5.97 Å². The molecule has 0 spiro atoms. The predicted molar refractivity (Wildman–Crippen MR) is 118 cm³/mol. The van der Waals surface area contributed by atoms with Crippen LogP contribution < -0.4 is 5.32 Å². The molecule has 156 valence electrons. The van der Waals surface area contributed by atoms with Gasteiger partial charge in [-0.3, -0.25) is 4.79 Å². The van der Waals surface area contributed by atoms with Gasteiger partial charge in [-0.1, -0.05) is 48.5 Å². The van der Waals surface area contributed by atoms with Crippen LogP contribution in [0, 0.1) is 0 Å². The fourth-order valence-corrected chi connectivity index (χ4v) is 3.23.